The molecule has 3 nitrogen and oxygen atoms in total. The molecular formula is C7H14ClNO2. The zero-order valence-corrected chi connectivity index (χ0v) is 7.36. The maximum Gasteiger partial charge on any atom is 0.308 e. The van der Waals surface area contributed by atoms with E-state index in [1.807, 2.05) is 6.92 Å². The Morgan fingerprint density at radius 3 is 2.64 bits per heavy atom. The van der Waals surface area contributed by atoms with Crippen LogP contribution in [-0.2, 0) is 4.79 Å². The fraction of sp³-hybridized carbons (Fsp3) is 0.857. The summed E-state index contributed by atoms with van der Waals surface area (Å²) >= 11 is 0. The van der Waals surface area contributed by atoms with Crippen LogP contribution in [0.25, 0.3) is 0 Å². The van der Waals surface area contributed by atoms with Crippen LogP contribution in [0.3, 0.4) is 0 Å². The zero-order valence-electron chi connectivity index (χ0n) is 6.54. The third kappa shape index (κ3) is 2.34. The smallest absolute Gasteiger partial charge is 0.308 e. The summed E-state index contributed by atoms with van der Waals surface area (Å²) in [5, 5.41) is 11.7. The third-order valence-corrected chi connectivity index (χ3v) is 2.18. The summed E-state index contributed by atoms with van der Waals surface area (Å²) < 4.78 is 0. The van der Waals surface area contributed by atoms with E-state index in [1.165, 1.54) is 0 Å². The first-order valence-electron chi connectivity index (χ1n) is 3.69. The van der Waals surface area contributed by atoms with Gasteiger partial charge in [-0.15, -0.1) is 12.4 Å². The molecule has 0 spiro atoms. The molecule has 4 heteroatoms. The Morgan fingerprint density at radius 1 is 1.64 bits per heavy atom. The van der Waals surface area contributed by atoms with Crippen LogP contribution in [0, 0.1) is 11.8 Å². The van der Waals surface area contributed by atoms with Crippen LogP contribution in [0.2, 0.25) is 0 Å². The summed E-state index contributed by atoms with van der Waals surface area (Å²) in [4.78, 5) is 10.5. The lowest BCUT2D eigenvalue weighted by atomic mass is 9.94. The molecule has 0 bridgehead atoms. The molecule has 66 valence electrons. The Hall–Kier alpha value is -0.280. The predicted molar refractivity (Wildman–Crippen MR) is 45.0 cm³/mol. The maximum atomic E-state index is 10.5. The van der Waals surface area contributed by atoms with Gasteiger partial charge in [-0.05, 0) is 12.5 Å². The summed E-state index contributed by atoms with van der Waals surface area (Å²) in [6.07, 6.45) is 0.962. The molecule has 2 N–H and O–H groups in total. The van der Waals surface area contributed by atoms with Gasteiger partial charge in [0.05, 0.1) is 5.92 Å². The van der Waals surface area contributed by atoms with E-state index in [2.05, 4.69) is 5.32 Å². The quantitative estimate of drug-likeness (QED) is 0.658. The van der Waals surface area contributed by atoms with Crippen LogP contribution < -0.4 is 5.32 Å². The topological polar surface area (TPSA) is 49.3 Å². The number of carboxylic acids is 1. The summed E-state index contributed by atoms with van der Waals surface area (Å²) in [6.45, 7) is 3.55. The van der Waals surface area contributed by atoms with Gasteiger partial charge >= 0.3 is 5.97 Å². The molecule has 0 amide bonds. The molecule has 0 aromatic carbocycles. The minimum atomic E-state index is -0.656. The molecule has 1 aliphatic rings. The number of carbonyl (C=O) groups is 1. The Morgan fingerprint density at radius 2 is 2.27 bits per heavy atom. The van der Waals surface area contributed by atoms with Gasteiger partial charge in [0.1, 0.15) is 0 Å². The molecule has 11 heavy (non-hydrogen) atoms. The maximum absolute atomic E-state index is 10.5. The van der Waals surface area contributed by atoms with Gasteiger partial charge in [0, 0.05) is 6.54 Å². The molecule has 0 saturated carbocycles. The van der Waals surface area contributed by atoms with Crippen LogP contribution in [0.15, 0.2) is 0 Å². The minimum absolute atomic E-state index is 0. The van der Waals surface area contributed by atoms with Crippen LogP contribution in [0.1, 0.15) is 13.3 Å². The first-order chi connectivity index (χ1) is 4.75. The molecule has 0 aliphatic carbocycles. The Kier molecular flexibility index (Phi) is 4.45. The fourth-order valence-corrected chi connectivity index (χ4v) is 1.45. The van der Waals surface area contributed by atoms with Gasteiger partial charge in [0.15, 0.2) is 0 Å². The predicted octanol–water partition coefficient (Wildman–Crippen LogP) is 0.738. The number of nitrogens with one attached hydrogen (secondary N) is 1. The molecule has 1 heterocycles. The summed E-state index contributed by atoms with van der Waals surface area (Å²) in [7, 11) is 0. The number of rotatable bonds is 2. The van der Waals surface area contributed by atoms with Crippen LogP contribution in [-0.4, -0.2) is 24.2 Å². The summed E-state index contributed by atoms with van der Waals surface area (Å²) in [5.74, 6) is -0.459. The lowest BCUT2D eigenvalue weighted by molar-refractivity contribution is -0.142. The number of aliphatic carboxylic acids is 1. The molecular weight excluding hydrogens is 166 g/mol. The van der Waals surface area contributed by atoms with E-state index in [1.54, 1.807) is 0 Å². The average molecular weight is 180 g/mol. The van der Waals surface area contributed by atoms with E-state index in [9.17, 15) is 4.79 Å². The number of hydrogen-bond donors (Lipinski definition) is 2. The van der Waals surface area contributed by atoms with E-state index in [0.717, 1.165) is 13.0 Å². The Balaban J connectivity index is 0.000001000. The molecule has 1 fully saturated rings. The average Bonchev–Trinajstić information content (AvgIpc) is 2.33. The molecule has 0 aromatic heterocycles. The second-order valence-electron chi connectivity index (χ2n) is 2.77. The molecule has 1 rings (SSSR count). The van der Waals surface area contributed by atoms with Crippen LogP contribution in [0.5, 0.6) is 0 Å². The van der Waals surface area contributed by atoms with Crippen molar-refractivity contribution < 1.29 is 9.90 Å². The second kappa shape index (κ2) is 4.57. The van der Waals surface area contributed by atoms with E-state index in [4.69, 9.17) is 5.11 Å². The minimum Gasteiger partial charge on any atom is -0.481 e. The van der Waals surface area contributed by atoms with Crippen molar-refractivity contribution in [2.24, 2.45) is 11.8 Å². The monoisotopic (exact) mass is 179 g/mol. The number of carboxylic acid groups (broad SMARTS) is 1. The normalized spacial score (nSPS) is 29.5. The van der Waals surface area contributed by atoms with Crippen molar-refractivity contribution in [3.8, 4) is 0 Å². The van der Waals surface area contributed by atoms with Crippen molar-refractivity contribution in [1.29, 1.82) is 0 Å². The highest BCUT2D eigenvalue weighted by Crippen LogP contribution is 2.19. The van der Waals surface area contributed by atoms with Crippen molar-refractivity contribution in [2.75, 3.05) is 13.1 Å². The van der Waals surface area contributed by atoms with Crippen LogP contribution in [0.4, 0.5) is 0 Å². The highest BCUT2D eigenvalue weighted by Gasteiger charge is 2.30. The summed E-state index contributed by atoms with van der Waals surface area (Å²) in [5.41, 5.74) is 0. The van der Waals surface area contributed by atoms with Gasteiger partial charge in [-0.1, -0.05) is 13.3 Å². The number of hydrogen-bond acceptors (Lipinski definition) is 2. The van der Waals surface area contributed by atoms with E-state index >= 15 is 0 Å². The van der Waals surface area contributed by atoms with E-state index in [-0.39, 0.29) is 18.3 Å². The highest BCUT2D eigenvalue weighted by molar-refractivity contribution is 5.85. The van der Waals surface area contributed by atoms with Gasteiger partial charge in [-0.3, -0.25) is 4.79 Å². The van der Waals surface area contributed by atoms with Crippen molar-refractivity contribution in [3.63, 3.8) is 0 Å². The zero-order chi connectivity index (χ0) is 7.56. The van der Waals surface area contributed by atoms with Gasteiger partial charge in [0.2, 0.25) is 0 Å². The molecule has 2 atom stereocenters. The van der Waals surface area contributed by atoms with E-state index in [0.29, 0.717) is 12.5 Å². The third-order valence-electron chi connectivity index (χ3n) is 2.18. The van der Waals surface area contributed by atoms with Gasteiger partial charge in [-0.25, -0.2) is 0 Å². The van der Waals surface area contributed by atoms with Crippen LogP contribution >= 0.6 is 12.4 Å². The Labute approximate surface area is 72.6 Å². The standard InChI is InChI=1S/C7H13NO2.ClH/c1-2-5-3-8-4-6(5)7(9)10;/h5-6,8H,2-4H2,1H3,(H,9,10);1H. The molecule has 0 radical (unpaired) electrons. The molecule has 0 aromatic rings. The largest absolute Gasteiger partial charge is 0.481 e. The number of halogens is 1. The second-order valence-corrected chi connectivity index (χ2v) is 2.77. The molecule has 2 unspecified atom stereocenters. The fourth-order valence-electron chi connectivity index (χ4n) is 1.45. The SMILES string of the molecule is CCC1CNCC1C(=O)O.Cl. The van der Waals surface area contributed by atoms with Crippen molar-refractivity contribution in [3.05, 3.63) is 0 Å². The van der Waals surface area contributed by atoms with Gasteiger partial charge in [-0.2, -0.15) is 0 Å². The first-order valence-corrected chi connectivity index (χ1v) is 3.69. The molecule has 1 aliphatic heterocycles. The summed E-state index contributed by atoms with van der Waals surface area (Å²) in [6, 6.07) is 0. The van der Waals surface area contributed by atoms with Crippen molar-refractivity contribution in [1.82, 2.24) is 5.32 Å². The highest BCUT2D eigenvalue weighted by atomic mass is 35.5. The lowest BCUT2D eigenvalue weighted by Gasteiger charge is -2.10. The van der Waals surface area contributed by atoms with Gasteiger partial charge in [0.25, 0.3) is 0 Å². The molecule has 1 saturated heterocycles. The van der Waals surface area contributed by atoms with Gasteiger partial charge < -0.3 is 10.4 Å². The van der Waals surface area contributed by atoms with Crippen molar-refractivity contribution in [2.45, 2.75) is 13.3 Å². The van der Waals surface area contributed by atoms with Crippen molar-refractivity contribution >= 4 is 18.4 Å². The lowest BCUT2D eigenvalue weighted by Crippen LogP contribution is -2.21. The Bertz CT molecular complexity index is 140. The van der Waals surface area contributed by atoms with E-state index < -0.39 is 5.97 Å². The first kappa shape index (κ1) is 10.7.